The van der Waals surface area contributed by atoms with Crippen LogP contribution in [0, 0.1) is 12.8 Å². The molecule has 1 atom stereocenters. The third kappa shape index (κ3) is 6.78. The van der Waals surface area contributed by atoms with Crippen LogP contribution < -0.4 is 10.6 Å². The quantitative estimate of drug-likeness (QED) is 0.669. The normalized spacial score (nSPS) is 11.7. The first-order valence-electron chi connectivity index (χ1n) is 8.47. The number of rotatable bonds is 8. The lowest BCUT2D eigenvalue weighted by molar-refractivity contribution is -0.149. The summed E-state index contributed by atoms with van der Waals surface area (Å²) in [5, 5.41) is 13.8. The van der Waals surface area contributed by atoms with Crippen molar-refractivity contribution in [3.8, 4) is 0 Å². The minimum Gasteiger partial charge on any atom is -0.454 e. The number of nitrogens with one attached hydrogen (secondary N) is 2. The molecule has 2 N–H and O–H groups in total. The van der Waals surface area contributed by atoms with Crippen molar-refractivity contribution in [3.05, 3.63) is 40.9 Å². The van der Waals surface area contributed by atoms with Gasteiger partial charge in [0.25, 0.3) is 11.8 Å². The van der Waals surface area contributed by atoms with E-state index in [1.54, 1.807) is 37.3 Å². The second-order valence-electron chi connectivity index (χ2n) is 6.30. The Kier molecular flexibility index (Phi) is 7.42. The van der Waals surface area contributed by atoms with E-state index in [0.29, 0.717) is 22.1 Å². The van der Waals surface area contributed by atoms with Crippen molar-refractivity contribution in [1.29, 1.82) is 0 Å². The Morgan fingerprint density at radius 2 is 1.85 bits per heavy atom. The lowest BCUT2D eigenvalue weighted by atomic mass is 10.0. The van der Waals surface area contributed by atoms with Gasteiger partial charge in [0.15, 0.2) is 6.61 Å². The van der Waals surface area contributed by atoms with Crippen molar-refractivity contribution in [2.24, 2.45) is 5.92 Å². The third-order valence-corrected chi connectivity index (χ3v) is 4.20. The van der Waals surface area contributed by atoms with Gasteiger partial charge in [-0.25, -0.2) is 4.79 Å². The molecule has 9 heteroatoms. The van der Waals surface area contributed by atoms with Crippen LogP contribution in [0.1, 0.15) is 35.6 Å². The van der Waals surface area contributed by atoms with Gasteiger partial charge in [0.2, 0.25) is 5.13 Å². The number of ether oxygens (including phenoxy) is 1. The van der Waals surface area contributed by atoms with Crippen LogP contribution in [-0.2, 0) is 14.3 Å². The van der Waals surface area contributed by atoms with Crippen molar-refractivity contribution in [1.82, 2.24) is 15.5 Å². The van der Waals surface area contributed by atoms with E-state index in [1.807, 2.05) is 13.8 Å². The van der Waals surface area contributed by atoms with E-state index >= 15 is 0 Å². The maximum absolute atomic E-state index is 12.4. The summed E-state index contributed by atoms with van der Waals surface area (Å²) in [5.74, 6) is -1.39. The van der Waals surface area contributed by atoms with E-state index in [0.717, 1.165) is 0 Å². The van der Waals surface area contributed by atoms with Gasteiger partial charge in [-0.15, -0.1) is 10.2 Å². The van der Waals surface area contributed by atoms with Gasteiger partial charge in [-0.3, -0.25) is 14.9 Å². The van der Waals surface area contributed by atoms with E-state index in [1.165, 1.54) is 11.3 Å². The summed E-state index contributed by atoms with van der Waals surface area (Å²) in [4.78, 5) is 36.6. The van der Waals surface area contributed by atoms with Crippen LogP contribution in [0.5, 0.6) is 0 Å². The zero-order chi connectivity index (χ0) is 19.8. The minimum absolute atomic E-state index is 0.150. The van der Waals surface area contributed by atoms with Crippen molar-refractivity contribution in [2.75, 3.05) is 11.9 Å². The summed E-state index contributed by atoms with van der Waals surface area (Å²) < 4.78 is 5.07. The molecule has 0 fully saturated rings. The van der Waals surface area contributed by atoms with E-state index in [2.05, 4.69) is 20.8 Å². The molecule has 0 radical (unpaired) electrons. The molecule has 27 heavy (non-hydrogen) atoms. The molecule has 0 saturated carbocycles. The van der Waals surface area contributed by atoms with Gasteiger partial charge in [0, 0.05) is 5.56 Å². The molecule has 1 heterocycles. The largest absolute Gasteiger partial charge is 0.454 e. The number of benzene rings is 1. The molecule has 1 aromatic carbocycles. The summed E-state index contributed by atoms with van der Waals surface area (Å²) in [6, 6.07) is 7.76. The molecule has 2 aromatic rings. The number of carbonyl (C=O) groups excluding carboxylic acids is 3. The Labute approximate surface area is 161 Å². The molecule has 1 aromatic heterocycles. The highest BCUT2D eigenvalue weighted by atomic mass is 32.1. The lowest BCUT2D eigenvalue weighted by Crippen LogP contribution is -2.43. The predicted molar refractivity (Wildman–Crippen MR) is 101 cm³/mol. The van der Waals surface area contributed by atoms with Gasteiger partial charge >= 0.3 is 5.97 Å². The number of carbonyl (C=O) groups is 3. The highest BCUT2D eigenvalue weighted by Crippen LogP contribution is 2.13. The monoisotopic (exact) mass is 390 g/mol. The van der Waals surface area contributed by atoms with E-state index in [-0.39, 0.29) is 11.8 Å². The molecule has 0 spiro atoms. The number of hydrogen-bond donors (Lipinski definition) is 2. The van der Waals surface area contributed by atoms with Gasteiger partial charge in [0.1, 0.15) is 11.0 Å². The number of aromatic nitrogens is 2. The number of nitrogens with zero attached hydrogens (tertiary/aromatic N) is 2. The van der Waals surface area contributed by atoms with Crippen LogP contribution in [0.15, 0.2) is 30.3 Å². The third-order valence-electron chi connectivity index (χ3n) is 3.45. The Morgan fingerprint density at radius 3 is 2.44 bits per heavy atom. The van der Waals surface area contributed by atoms with Crippen molar-refractivity contribution in [2.45, 2.75) is 33.2 Å². The maximum Gasteiger partial charge on any atom is 0.329 e. The fourth-order valence-electron chi connectivity index (χ4n) is 2.26. The van der Waals surface area contributed by atoms with Crippen molar-refractivity contribution < 1.29 is 19.1 Å². The first kappa shape index (κ1) is 20.5. The fourth-order valence-corrected chi connectivity index (χ4v) is 2.86. The molecule has 2 rings (SSSR count). The number of amides is 2. The fraction of sp³-hybridized carbons (Fsp3) is 0.389. The Hall–Kier alpha value is -2.81. The van der Waals surface area contributed by atoms with Crippen LogP contribution in [0.4, 0.5) is 5.13 Å². The predicted octanol–water partition coefficient (Wildman–Crippen LogP) is 2.17. The molecule has 1 unspecified atom stereocenters. The minimum atomic E-state index is -0.839. The Morgan fingerprint density at radius 1 is 1.15 bits per heavy atom. The molecule has 8 nitrogen and oxygen atoms in total. The standard InChI is InChI=1S/C18H22N4O4S/c1-11(2)9-14(19-16(24)13-7-5-4-6-8-13)17(25)26-10-15(23)20-18-22-21-12(3)27-18/h4-8,11,14H,9-10H2,1-3H3,(H,19,24)(H,20,22,23). The van der Waals surface area contributed by atoms with Crippen molar-refractivity contribution >= 4 is 34.3 Å². The average molecular weight is 390 g/mol. The van der Waals surface area contributed by atoms with Crippen LogP contribution >= 0.6 is 11.3 Å². The van der Waals surface area contributed by atoms with Gasteiger partial charge < -0.3 is 10.1 Å². The first-order chi connectivity index (χ1) is 12.8. The molecular formula is C18H22N4O4S. The molecule has 144 valence electrons. The maximum atomic E-state index is 12.4. The van der Waals surface area contributed by atoms with E-state index in [4.69, 9.17) is 4.74 Å². The summed E-state index contributed by atoms with van der Waals surface area (Å²) in [7, 11) is 0. The van der Waals surface area contributed by atoms with Gasteiger partial charge in [-0.1, -0.05) is 43.4 Å². The SMILES string of the molecule is Cc1nnc(NC(=O)COC(=O)C(CC(C)C)NC(=O)c2ccccc2)s1. The summed E-state index contributed by atoms with van der Waals surface area (Å²) >= 11 is 1.22. The smallest absolute Gasteiger partial charge is 0.329 e. The van der Waals surface area contributed by atoms with Gasteiger partial charge in [-0.05, 0) is 31.4 Å². The van der Waals surface area contributed by atoms with E-state index in [9.17, 15) is 14.4 Å². The lowest BCUT2D eigenvalue weighted by Gasteiger charge is -2.19. The van der Waals surface area contributed by atoms with E-state index < -0.39 is 24.5 Å². The molecule has 2 amide bonds. The summed E-state index contributed by atoms with van der Waals surface area (Å²) in [6.45, 7) is 5.16. The molecule has 0 aliphatic heterocycles. The Bertz CT molecular complexity index is 792. The number of hydrogen-bond acceptors (Lipinski definition) is 7. The molecule has 0 bridgehead atoms. The average Bonchev–Trinajstić information content (AvgIpc) is 3.04. The first-order valence-corrected chi connectivity index (χ1v) is 9.29. The van der Waals surface area contributed by atoms with Crippen LogP contribution in [0.2, 0.25) is 0 Å². The van der Waals surface area contributed by atoms with Crippen LogP contribution in [-0.4, -0.2) is 40.6 Å². The molecule has 0 saturated heterocycles. The molecule has 0 aliphatic rings. The van der Waals surface area contributed by atoms with Gasteiger partial charge in [-0.2, -0.15) is 0 Å². The zero-order valence-corrected chi connectivity index (χ0v) is 16.2. The van der Waals surface area contributed by atoms with Gasteiger partial charge in [0.05, 0.1) is 0 Å². The topological polar surface area (TPSA) is 110 Å². The number of aryl methyl sites for hydroxylation is 1. The van der Waals surface area contributed by atoms with Crippen LogP contribution in [0.3, 0.4) is 0 Å². The summed E-state index contributed by atoms with van der Waals surface area (Å²) in [5.41, 5.74) is 0.448. The number of anilines is 1. The number of esters is 1. The molecular weight excluding hydrogens is 368 g/mol. The Balaban J connectivity index is 1.91. The zero-order valence-electron chi connectivity index (χ0n) is 15.4. The highest BCUT2D eigenvalue weighted by Gasteiger charge is 2.24. The second kappa shape index (κ2) is 9.77. The second-order valence-corrected chi connectivity index (χ2v) is 7.49. The van der Waals surface area contributed by atoms with Crippen LogP contribution in [0.25, 0.3) is 0 Å². The van der Waals surface area contributed by atoms with Crippen molar-refractivity contribution in [3.63, 3.8) is 0 Å². The molecule has 0 aliphatic carbocycles. The summed E-state index contributed by atoms with van der Waals surface area (Å²) in [6.07, 6.45) is 0.397. The highest BCUT2D eigenvalue weighted by molar-refractivity contribution is 7.15.